The van der Waals surface area contributed by atoms with Crippen LogP contribution in [0.15, 0.2) is 0 Å². The molecule has 0 rings (SSSR count). The van der Waals surface area contributed by atoms with Gasteiger partial charge >= 0.3 is 11.9 Å². The Kier molecular flexibility index (Phi) is 10.9. The van der Waals surface area contributed by atoms with Gasteiger partial charge in [0.1, 0.15) is 0 Å². The van der Waals surface area contributed by atoms with Crippen LogP contribution in [0.2, 0.25) is 0 Å². The van der Waals surface area contributed by atoms with Crippen molar-refractivity contribution in [1.29, 1.82) is 0 Å². The molecule has 0 amide bonds. The first-order chi connectivity index (χ1) is 9.51. The Labute approximate surface area is 118 Å². The predicted octanol–water partition coefficient (Wildman–Crippen LogP) is 0.786. The van der Waals surface area contributed by atoms with Gasteiger partial charge in [-0.15, -0.1) is 0 Å². The van der Waals surface area contributed by atoms with Crippen LogP contribution in [0.25, 0.3) is 0 Å². The number of ether oxygens (including phenoxy) is 2. The summed E-state index contributed by atoms with van der Waals surface area (Å²) in [6.45, 7) is 3.88. The highest BCUT2D eigenvalue weighted by Gasteiger charge is 2.20. The summed E-state index contributed by atoms with van der Waals surface area (Å²) in [4.78, 5) is 39.7. The number of carbonyl (C=O) groups excluding carboxylic acids is 2. The van der Waals surface area contributed by atoms with E-state index in [0.29, 0.717) is 12.8 Å². The molecule has 0 saturated carbocycles. The molecule has 0 saturated heterocycles. The molecule has 0 aromatic carbocycles. The highest BCUT2D eigenvalue weighted by atomic mass is 17.2. The topological polar surface area (TPSA) is 89.5 Å². The first kappa shape index (κ1) is 18.8. The molecule has 8 heteroatoms. The molecular formula is C12H22O8. The second-order valence-electron chi connectivity index (χ2n) is 4.06. The van der Waals surface area contributed by atoms with E-state index in [1.165, 1.54) is 0 Å². The summed E-state index contributed by atoms with van der Waals surface area (Å²) in [5.41, 5.74) is 0. The minimum absolute atomic E-state index is 0.0354. The van der Waals surface area contributed by atoms with Gasteiger partial charge in [0.05, 0.1) is 25.4 Å². The molecule has 0 aliphatic carbocycles. The fraction of sp³-hybridized carbons (Fsp3) is 0.833. The van der Waals surface area contributed by atoms with Gasteiger partial charge < -0.3 is 9.47 Å². The number of methoxy groups -OCH3 is 2. The third-order valence-electron chi connectivity index (χ3n) is 2.46. The van der Waals surface area contributed by atoms with Crippen LogP contribution in [0.5, 0.6) is 0 Å². The van der Waals surface area contributed by atoms with E-state index in [1.54, 1.807) is 14.2 Å². The molecule has 0 aromatic heterocycles. The molecule has 8 nitrogen and oxygen atoms in total. The fourth-order valence-corrected chi connectivity index (χ4v) is 0.922. The van der Waals surface area contributed by atoms with Crippen molar-refractivity contribution >= 4 is 11.9 Å². The summed E-state index contributed by atoms with van der Waals surface area (Å²) >= 11 is 0. The van der Waals surface area contributed by atoms with Crippen LogP contribution < -0.4 is 0 Å². The summed E-state index contributed by atoms with van der Waals surface area (Å²) in [7, 11) is 3.10. The minimum atomic E-state index is -1.28. The van der Waals surface area contributed by atoms with Crippen LogP contribution >= 0.6 is 0 Å². The first-order valence-corrected chi connectivity index (χ1v) is 6.24. The van der Waals surface area contributed by atoms with E-state index >= 15 is 0 Å². The van der Waals surface area contributed by atoms with Crippen molar-refractivity contribution in [2.75, 3.05) is 27.4 Å². The average molecular weight is 294 g/mol. The highest BCUT2D eigenvalue weighted by Crippen LogP contribution is 1.98. The molecule has 2 atom stereocenters. The smallest absolute Gasteiger partial charge is 0.382 e. The van der Waals surface area contributed by atoms with Gasteiger partial charge in [-0.25, -0.2) is 9.59 Å². The first-order valence-electron chi connectivity index (χ1n) is 6.24. The molecule has 118 valence electrons. The van der Waals surface area contributed by atoms with Gasteiger partial charge in [-0.1, -0.05) is 0 Å². The third kappa shape index (κ3) is 9.68. The molecule has 0 aliphatic rings. The van der Waals surface area contributed by atoms with Crippen LogP contribution in [-0.2, 0) is 38.6 Å². The molecular weight excluding hydrogens is 272 g/mol. The van der Waals surface area contributed by atoms with Crippen LogP contribution in [0.3, 0.4) is 0 Å². The molecule has 0 heterocycles. The van der Waals surface area contributed by atoms with E-state index in [2.05, 4.69) is 19.6 Å². The normalized spacial score (nSPS) is 13.6. The second-order valence-corrected chi connectivity index (χ2v) is 4.06. The lowest BCUT2D eigenvalue weighted by Crippen LogP contribution is -2.22. The van der Waals surface area contributed by atoms with E-state index in [-0.39, 0.29) is 25.4 Å². The number of rotatable bonds is 10. The van der Waals surface area contributed by atoms with Gasteiger partial charge in [0, 0.05) is 27.1 Å². The zero-order valence-electron chi connectivity index (χ0n) is 12.2. The summed E-state index contributed by atoms with van der Waals surface area (Å²) in [5.74, 6) is -2.57. The maximum absolute atomic E-state index is 11.1. The SMILES string of the molecule is COC(C)CCOOC(=O)C(=O)OOCCC(C)OC. The van der Waals surface area contributed by atoms with Gasteiger partial charge in [0.15, 0.2) is 0 Å². The Morgan fingerprint density at radius 3 is 1.45 bits per heavy atom. The van der Waals surface area contributed by atoms with Crippen LogP contribution in [-0.4, -0.2) is 51.6 Å². The summed E-state index contributed by atoms with van der Waals surface area (Å²) in [6, 6.07) is 0. The third-order valence-corrected chi connectivity index (χ3v) is 2.46. The predicted molar refractivity (Wildman–Crippen MR) is 66.3 cm³/mol. The van der Waals surface area contributed by atoms with Gasteiger partial charge in [-0.2, -0.15) is 9.78 Å². The van der Waals surface area contributed by atoms with Crippen LogP contribution in [0.4, 0.5) is 0 Å². The lowest BCUT2D eigenvalue weighted by molar-refractivity contribution is -0.297. The Morgan fingerprint density at radius 2 is 1.15 bits per heavy atom. The zero-order chi connectivity index (χ0) is 15.4. The fourth-order valence-electron chi connectivity index (χ4n) is 0.922. The van der Waals surface area contributed by atoms with E-state index in [1.807, 2.05) is 13.8 Å². The Morgan fingerprint density at radius 1 is 0.800 bits per heavy atom. The number of hydrogen-bond acceptors (Lipinski definition) is 8. The Hall–Kier alpha value is -1.22. The van der Waals surface area contributed by atoms with Gasteiger partial charge in [-0.3, -0.25) is 9.78 Å². The van der Waals surface area contributed by atoms with Crippen LogP contribution in [0.1, 0.15) is 26.7 Å². The second kappa shape index (κ2) is 11.6. The number of hydrogen-bond donors (Lipinski definition) is 0. The van der Waals surface area contributed by atoms with Crippen molar-refractivity contribution < 1.29 is 38.6 Å². The van der Waals surface area contributed by atoms with Crippen molar-refractivity contribution in [3.63, 3.8) is 0 Å². The number of carbonyl (C=O) groups is 2. The van der Waals surface area contributed by atoms with Crippen molar-refractivity contribution in [2.24, 2.45) is 0 Å². The van der Waals surface area contributed by atoms with E-state index < -0.39 is 11.9 Å². The average Bonchev–Trinajstić information content (AvgIpc) is 2.46. The molecule has 0 aromatic rings. The highest BCUT2D eigenvalue weighted by molar-refractivity contribution is 6.29. The summed E-state index contributed by atoms with van der Waals surface area (Å²) in [6.07, 6.45) is 0.965. The van der Waals surface area contributed by atoms with Crippen molar-refractivity contribution in [1.82, 2.24) is 0 Å². The molecule has 0 spiro atoms. The van der Waals surface area contributed by atoms with Gasteiger partial charge in [0.2, 0.25) is 0 Å². The van der Waals surface area contributed by atoms with Gasteiger partial charge in [0.25, 0.3) is 0 Å². The molecule has 0 radical (unpaired) electrons. The standard InChI is InChI=1S/C12H22O8/c1-9(15-3)5-7-17-19-11(13)12(14)20-18-8-6-10(2)16-4/h9-10H,5-8H2,1-4H3. The van der Waals surface area contributed by atoms with Gasteiger partial charge in [-0.05, 0) is 13.8 Å². The van der Waals surface area contributed by atoms with E-state index in [4.69, 9.17) is 9.47 Å². The molecule has 20 heavy (non-hydrogen) atoms. The Bertz CT molecular complexity index is 253. The molecule has 0 bridgehead atoms. The summed E-state index contributed by atoms with van der Waals surface area (Å²) in [5, 5.41) is 0. The largest absolute Gasteiger partial charge is 0.453 e. The maximum atomic E-state index is 11.1. The quantitative estimate of drug-likeness (QED) is 0.253. The lowest BCUT2D eigenvalue weighted by Gasteiger charge is -2.09. The van der Waals surface area contributed by atoms with E-state index in [9.17, 15) is 9.59 Å². The maximum Gasteiger partial charge on any atom is 0.453 e. The molecule has 2 unspecified atom stereocenters. The zero-order valence-corrected chi connectivity index (χ0v) is 12.2. The monoisotopic (exact) mass is 294 g/mol. The van der Waals surface area contributed by atoms with Crippen molar-refractivity contribution in [2.45, 2.75) is 38.9 Å². The van der Waals surface area contributed by atoms with Crippen molar-refractivity contribution in [3.05, 3.63) is 0 Å². The molecule has 0 N–H and O–H groups in total. The van der Waals surface area contributed by atoms with Crippen molar-refractivity contribution in [3.8, 4) is 0 Å². The van der Waals surface area contributed by atoms with Crippen LogP contribution in [0, 0.1) is 0 Å². The lowest BCUT2D eigenvalue weighted by atomic mass is 10.3. The summed E-state index contributed by atoms with van der Waals surface area (Å²) < 4.78 is 9.91. The van der Waals surface area contributed by atoms with E-state index in [0.717, 1.165) is 0 Å². The molecule has 0 fully saturated rings. The molecule has 0 aliphatic heterocycles. The minimum Gasteiger partial charge on any atom is -0.382 e. The Balaban J connectivity index is 3.59.